The van der Waals surface area contributed by atoms with Crippen LogP contribution in [0.1, 0.15) is 27.2 Å². The van der Waals surface area contributed by atoms with E-state index in [1.807, 2.05) is 0 Å². The number of rotatable bonds is 5. The lowest BCUT2D eigenvalue weighted by Gasteiger charge is -2.25. The Morgan fingerprint density at radius 2 is 1.80 bits per heavy atom. The number of Topliss-reactive ketones (excluding diaryl/α,β-unsaturated/α-hetero) is 1. The van der Waals surface area contributed by atoms with Gasteiger partial charge < -0.3 is 9.84 Å². The van der Waals surface area contributed by atoms with Crippen molar-refractivity contribution in [3.05, 3.63) is 12.2 Å². The van der Waals surface area contributed by atoms with E-state index < -0.39 is 23.3 Å². The average Bonchev–Trinajstić information content (AvgIpc) is 2.12. The van der Waals surface area contributed by atoms with Gasteiger partial charge in [-0.2, -0.15) is 0 Å². The van der Waals surface area contributed by atoms with Crippen LogP contribution in [0.15, 0.2) is 12.2 Å². The summed E-state index contributed by atoms with van der Waals surface area (Å²) in [6.45, 7) is 7.23. The predicted octanol–water partition coefficient (Wildman–Crippen LogP) is 0.928. The van der Waals surface area contributed by atoms with Crippen LogP contribution in [-0.4, -0.2) is 28.4 Å². The van der Waals surface area contributed by atoms with E-state index in [9.17, 15) is 14.4 Å². The summed E-state index contributed by atoms with van der Waals surface area (Å²) in [5.74, 6) is -3.06. The van der Waals surface area contributed by atoms with Crippen molar-refractivity contribution in [3.63, 3.8) is 0 Å². The second-order valence-electron chi connectivity index (χ2n) is 3.21. The summed E-state index contributed by atoms with van der Waals surface area (Å²) in [6.07, 6.45) is -0.114. The molecule has 0 saturated carbocycles. The molecule has 1 atom stereocenters. The van der Waals surface area contributed by atoms with Gasteiger partial charge in [0.05, 0.1) is 0 Å². The van der Waals surface area contributed by atoms with Crippen LogP contribution in [-0.2, 0) is 19.1 Å². The summed E-state index contributed by atoms with van der Waals surface area (Å²) in [7, 11) is 0. The molecule has 0 fully saturated rings. The van der Waals surface area contributed by atoms with E-state index in [4.69, 9.17) is 5.11 Å². The Morgan fingerprint density at radius 1 is 1.33 bits per heavy atom. The maximum atomic E-state index is 11.2. The Balaban J connectivity index is 5.12. The quantitative estimate of drug-likeness (QED) is 0.418. The number of aliphatic carboxylic acids is 1. The molecule has 0 unspecified atom stereocenters. The number of hydrogen-bond acceptors (Lipinski definition) is 4. The largest absolute Gasteiger partial charge is 0.478 e. The molecule has 0 bridgehead atoms. The molecule has 84 valence electrons. The normalized spacial score (nSPS) is 13.8. The third kappa shape index (κ3) is 2.65. The number of esters is 1. The molecule has 0 aliphatic heterocycles. The summed E-state index contributed by atoms with van der Waals surface area (Å²) >= 11 is 0. The molecule has 0 aromatic heterocycles. The lowest BCUT2D eigenvalue weighted by molar-refractivity contribution is -0.180. The fraction of sp³-hybridized carbons (Fsp3) is 0.500. The Kier molecular flexibility index (Phi) is 4.21. The molecule has 15 heavy (non-hydrogen) atoms. The maximum Gasteiger partial charge on any atom is 0.356 e. The van der Waals surface area contributed by atoms with E-state index in [2.05, 4.69) is 11.3 Å². The minimum absolute atomic E-state index is 0.0512. The van der Waals surface area contributed by atoms with E-state index in [1.165, 1.54) is 13.8 Å². The summed E-state index contributed by atoms with van der Waals surface area (Å²) in [6, 6.07) is 0. The zero-order valence-corrected chi connectivity index (χ0v) is 8.99. The van der Waals surface area contributed by atoms with Crippen molar-refractivity contribution in [1.82, 2.24) is 0 Å². The highest BCUT2D eigenvalue weighted by Crippen LogP contribution is 2.19. The molecule has 0 heterocycles. The van der Waals surface area contributed by atoms with Crippen LogP contribution >= 0.6 is 0 Å². The van der Waals surface area contributed by atoms with Crippen molar-refractivity contribution in [1.29, 1.82) is 0 Å². The van der Waals surface area contributed by atoms with Gasteiger partial charge in [-0.15, -0.1) is 0 Å². The first-order valence-corrected chi connectivity index (χ1v) is 4.41. The highest BCUT2D eigenvalue weighted by Gasteiger charge is 2.46. The summed E-state index contributed by atoms with van der Waals surface area (Å²) in [5.41, 5.74) is -2.04. The van der Waals surface area contributed by atoms with E-state index in [0.29, 0.717) is 0 Å². The Bertz CT molecular complexity index is 302. The van der Waals surface area contributed by atoms with Gasteiger partial charge in [0.25, 0.3) is 5.60 Å². The standard InChI is InChI=1S/C10H14O5/c1-5-10(7(4)11,9(13)14)15-8(12)6(2)3/h2,5H2,1,3-4H3,(H,13,14)/t10-/m0/s1. The average molecular weight is 214 g/mol. The van der Waals surface area contributed by atoms with Gasteiger partial charge in [0.1, 0.15) is 0 Å². The monoisotopic (exact) mass is 214 g/mol. The van der Waals surface area contributed by atoms with Crippen LogP contribution < -0.4 is 0 Å². The topological polar surface area (TPSA) is 80.7 Å². The molecular weight excluding hydrogens is 200 g/mol. The van der Waals surface area contributed by atoms with Gasteiger partial charge in [-0.25, -0.2) is 9.59 Å². The molecule has 0 rings (SSSR count). The Labute approximate surface area is 87.7 Å². The van der Waals surface area contributed by atoms with Gasteiger partial charge >= 0.3 is 11.9 Å². The summed E-state index contributed by atoms with van der Waals surface area (Å²) < 4.78 is 4.68. The smallest absolute Gasteiger partial charge is 0.356 e. The highest BCUT2D eigenvalue weighted by atomic mass is 16.6. The van der Waals surface area contributed by atoms with Crippen molar-refractivity contribution in [2.75, 3.05) is 0 Å². The lowest BCUT2D eigenvalue weighted by atomic mass is 9.96. The number of carboxylic acid groups (broad SMARTS) is 1. The first-order chi connectivity index (χ1) is 6.77. The van der Waals surface area contributed by atoms with E-state index in [0.717, 1.165) is 6.92 Å². The van der Waals surface area contributed by atoms with E-state index in [-0.39, 0.29) is 12.0 Å². The molecule has 0 amide bonds. The fourth-order valence-corrected chi connectivity index (χ4v) is 0.984. The first-order valence-electron chi connectivity index (χ1n) is 4.41. The van der Waals surface area contributed by atoms with Crippen LogP contribution in [0.4, 0.5) is 0 Å². The van der Waals surface area contributed by atoms with Gasteiger partial charge in [-0.3, -0.25) is 4.79 Å². The fourth-order valence-electron chi connectivity index (χ4n) is 0.984. The van der Waals surface area contributed by atoms with Gasteiger partial charge in [0.2, 0.25) is 0 Å². The summed E-state index contributed by atoms with van der Waals surface area (Å²) in [5, 5.41) is 8.90. The van der Waals surface area contributed by atoms with Crippen LogP contribution in [0.25, 0.3) is 0 Å². The van der Waals surface area contributed by atoms with Crippen LogP contribution in [0.3, 0.4) is 0 Å². The molecule has 5 nitrogen and oxygen atoms in total. The van der Waals surface area contributed by atoms with Crippen LogP contribution in [0, 0.1) is 0 Å². The molecule has 0 aromatic carbocycles. The number of hydrogen-bond donors (Lipinski definition) is 1. The number of carbonyl (C=O) groups excluding carboxylic acids is 2. The van der Waals surface area contributed by atoms with Crippen molar-refractivity contribution < 1.29 is 24.2 Å². The van der Waals surface area contributed by atoms with Crippen molar-refractivity contribution in [2.24, 2.45) is 0 Å². The molecule has 0 radical (unpaired) electrons. The Hall–Kier alpha value is -1.65. The molecule has 5 heteroatoms. The van der Waals surface area contributed by atoms with Crippen LogP contribution in [0.5, 0.6) is 0 Å². The lowest BCUT2D eigenvalue weighted by Crippen LogP contribution is -2.49. The number of ketones is 1. The van der Waals surface area contributed by atoms with Gasteiger partial charge in [-0.1, -0.05) is 13.5 Å². The summed E-state index contributed by atoms with van der Waals surface area (Å²) in [4.78, 5) is 33.3. The zero-order valence-electron chi connectivity index (χ0n) is 8.99. The van der Waals surface area contributed by atoms with Crippen LogP contribution in [0.2, 0.25) is 0 Å². The van der Waals surface area contributed by atoms with Gasteiger partial charge in [-0.05, 0) is 13.8 Å². The molecule has 1 N–H and O–H groups in total. The third-order valence-electron chi connectivity index (χ3n) is 2.03. The molecule has 0 aliphatic carbocycles. The SMILES string of the molecule is C=C(C)C(=O)O[C@@](CC)(C(C)=O)C(=O)O. The van der Waals surface area contributed by atoms with E-state index in [1.54, 1.807) is 0 Å². The second-order valence-corrected chi connectivity index (χ2v) is 3.21. The minimum Gasteiger partial charge on any atom is -0.478 e. The van der Waals surface area contributed by atoms with Gasteiger partial charge in [0.15, 0.2) is 5.78 Å². The van der Waals surface area contributed by atoms with E-state index >= 15 is 0 Å². The third-order valence-corrected chi connectivity index (χ3v) is 2.03. The molecule has 0 aliphatic rings. The van der Waals surface area contributed by atoms with Crippen molar-refractivity contribution in [3.8, 4) is 0 Å². The number of ether oxygens (including phenoxy) is 1. The molecular formula is C10H14O5. The van der Waals surface area contributed by atoms with Crippen molar-refractivity contribution in [2.45, 2.75) is 32.8 Å². The zero-order chi connectivity index (χ0) is 12.2. The minimum atomic E-state index is -2.09. The molecule has 0 saturated heterocycles. The Morgan fingerprint density at radius 3 is 2.00 bits per heavy atom. The second kappa shape index (κ2) is 4.72. The first kappa shape index (κ1) is 13.4. The van der Waals surface area contributed by atoms with Crippen molar-refractivity contribution >= 4 is 17.7 Å². The highest BCUT2D eigenvalue weighted by molar-refractivity contribution is 6.07. The predicted molar refractivity (Wildman–Crippen MR) is 52.2 cm³/mol. The molecule has 0 aromatic rings. The maximum absolute atomic E-state index is 11.2. The number of carboxylic acids is 1. The van der Waals surface area contributed by atoms with Gasteiger partial charge in [0, 0.05) is 12.0 Å². The number of carbonyl (C=O) groups is 3. The molecule has 0 spiro atoms.